The van der Waals surface area contributed by atoms with E-state index in [0.717, 1.165) is 17.0 Å². The third-order valence-corrected chi connectivity index (χ3v) is 3.97. The molecule has 102 valence electrons. The van der Waals surface area contributed by atoms with Crippen molar-refractivity contribution in [3.63, 3.8) is 0 Å². The number of thiazole rings is 1. The van der Waals surface area contributed by atoms with Crippen molar-refractivity contribution in [3.8, 4) is 0 Å². The maximum absolute atomic E-state index is 11.3. The monoisotopic (exact) mass is 297 g/mol. The van der Waals surface area contributed by atoms with Crippen LogP contribution in [-0.2, 0) is 10.0 Å². The molecule has 0 amide bonds. The number of hydrogen-bond acceptors (Lipinski definition) is 5. The number of hydrogen-bond donors (Lipinski definition) is 2. The Morgan fingerprint density at radius 3 is 2.53 bits per heavy atom. The molecular weight excluding hydrogens is 282 g/mol. The third kappa shape index (κ3) is 3.93. The number of nitrogens with zero attached hydrogens (tertiary/aromatic N) is 1. The number of anilines is 2. The quantitative estimate of drug-likeness (QED) is 0.890. The Kier molecular flexibility index (Phi) is 4.06. The van der Waals surface area contributed by atoms with Crippen molar-refractivity contribution >= 4 is 32.7 Å². The average molecular weight is 297 g/mol. The van der Waals surface area contributed by atoms with Gasteiger partial charge in [0.25, 0.3) is 0 Å². The van der Waals surface area contributed by atoms with Gasteiger partial charge in [-0.2, -0.15) is 0 Å². The Morgan fingerprint density at radius 2 is 1.95 bits per heavy atom. The molecule has 1 aromatic carbocycles. The van der Waals surface area contributed by atoms with Gasteiger partial charge in [0.05, 0.1) is 23.7 Å². The van der Waals surface area contributed by atoms with E-state index in [9.17, 15) is 8.42 Å². The molecule has 0 aliphatic rings. The van der Waals surface area contributed by atoms with Crippen LogP contribution in [0.3, 0.4) is 0 Å². The van der Waals surface area contributed by atoms with E-state index in [1.54, 1.807) is 29.7 Å². The van der Waals surface area contributed by atoms with E-state index in [-0.39, 0.29) is 6.04 Å². The van der Waals surface area contributed by atoms with Crippen molar-refractivity contribution in [2.75, 3.05) is 16.3 Å². The molecule has 2 aromatic rings. The van der Waals surface area contributed by atoms with E-state index in [1.165, 1.54) is 0 Å². The minimum Gasteiger partial charge on any atom is -0.374 e. The molecule has 19 heavy (non-hydrogen) atoms. The summed E-state index contributed by atoms with van der Waals surface area (Å²) in [6.07, 6.45) is 2.88. The van der Waals surface area contributed by atoms with E-state index in [2.05, 4.69) is 15.0 Å². The van der Waals surface area contributed by atoms with Gasteiger partial charge in [-0.05, 0) is 19.1 Å². The van der Waals surface area contributed by atoms with Crippen molar-refractivity contribution in [3.05, 3.63) is 40.8 Å². The molecule has 0 saturated carbocycles. The van der Waals surface area contributed by atoms with E-state index in [4.69, 9.17) is 0 Å². The highest BCUT2D eigenvalue weighted by molar-refractivity contribution is 7.92. The van der Waals surface area contributed by atoms with Crippen molar-refractivity contribution in [1.29, 1.82) is 0 Å². The summed E-state index contributed by atoms with van der Waals surface area (Å²) in [6.45, 7) is 1.98. The van der Waals surface area contributed by atoms with Crippen LogP contribution in [0.2, 0.25) is 0 Å². The summed E-state index contributed by atoms with van der Waals surface area (Å²) in [6, 6.07) is 7.20. The summed E-state index contributed by atoms with van der Waals surface area (Å²) in [4.78, 5) is 4.23. The molecule has 0 radical (unpaired) electrons. The molecule has 0 aliphatic carbocycles. The lowest BCUT2D eigenvalue weighted by atomic mass is 10.2. The molecule has 1 aromatic heterocycles. The van der Waals surface area contributed by atoms with Gasteiger partial charge in [0.1, 0.15) is 5.01 Å². The van der Waals surface area contributed by atoms with Crippen LogP contribution in [0.25, 0.3) is 0 Å². The van der Waals surface area contributed by atoms with Crippen molar-refractivity contribution in [2.45, 2.75) is 13.0 Å². The standard InChI is InChI=1S/C12H15N3O2S2/c1-9(12-13-7-8-18-12)14-10-5-3-4-6-11(10)15-19(2,16)17/h3-9,14-15H,1-2H3. The zero-order valence-corrected chi connectivity index (χ0v) is 12.3. The third-order valence-electron chi connectivity index (χ3n) is 2.42. The molecule has 1 atom stereocenters. The predicted molar refractivity (Wildman–Crippen MR) is 79.1 cm³/mol. The first-order valence-corrected chi connectivity index (χ1v) is 8.45. The highest BCUT2D eigenvalue weighted by Gasteiger charge is 2.11. The molecule has 0 saturated heterocycles. The first-order valence-electron chi connectivity index (χ1n) is 5.68. The molecule has 1 heterocycles. The van der Waals surface area contributed by atoms with Gasteiger partial charge >= 0.3 is 0 Å². The van der Waals surface area contributed by atoms with Crippen LogP contribution in [0, 0.1) is 0 Å². The summed E-state index contributed by atoms with van der Waals surface area (Å²) in [5, 5.41) is 6.12. The van der Waals surface area contributed by atoms with Crippen LogP contribution in [-0.4, -0.2) is 19.7 Å². The van der Waals surface area contributed by atoms with E-state index in [0.29, 0.717) is 5.69 Å². The molecule has 7 heteroatoms. The normalized spacial score (nSPS) is 12.9. The van der Waals surface area contributed by atoms with Crippen LogP contribution < -0.4 is 10.0 Å². The number of rotatable bonds is 5. The number of nitrogens with one attached hydrogen (secondary N) is 2. The van der Waals surface area contributed by atoms with Crippen molar-refractivity contribution in [2.24, 2.45) is 0 Å². The van der Waals surface area contributed by atoms with E-state index >= 15 is 0 Å². The molecule has 0 aliphatic heterocycles. The van der Waals surface area contributed by atoms with E-state index < -0.39 is 10.0 Å². The lowest BCUT2D eigenvalue weighted by Crippen LogP contribution is -2.13. The molecule has 2 N–H and O–H groups in total. The Hall–Kier alpha value is -1.60. The zero-order chi connectivity index (χ0) is 13.9. The van der Waals surface area contributed by atoms with Gasteiger partial charge in [0.15, 0.2) is 0 Å². The van der Waals surface area contributed by atoms with Crippen molar-refractivity contribution in [1.82, 2.24) is 4.98 Å². The number of aromatic nitrogens is 1. The lowest BCUT2D eigenvalue weighted by molar-refractivity contribution is 0.607. The van der Waals surface area contributed by atoms with Gasteiger partial charge in [-0.15, -0.1) is 11.3 Å². The van der Waals surface area contributed by atoms with Gasteiger partial charge in [-0.25, -0.2) is 13.4 Å². The number of sulfonamides is 1. The highest BCUT2D eigenvalue weighted by Crippen LogP contribution is 2.27. The summed E-state index contributed by atoms with van der Waals surface area (Å²) >= 11 is 1.56. The fraction of sp³-hybridized carbons (Fsp3) is 0.250. The Morgan fingerprint density at radius 1 is 1.26 bits per heavy atom. The highest BCUT2D eigenvalue weighted by atomic mass is 32.2. The van der Waals surface area contributed by atoms with Gasteiger partial charge in [0, 0.05) is 11.6 Å². The molecule has 0 bridgehead atoms. The molecular formula is C12H15N3O2S2. The van der Waals surface area contributed by atoms with Crippen LogP contribution >= 0.6 is 11.3 Å². The van der Waals surface area contributed by atoms with Crippen molar-refractivity contribution < 1.29 is 8.42 Å². The van der Waals surface area contributed by atoms with Crippen LogP contribution in [0.15, 0.2) is 35.8 Å². The van der Waals surface area contributed by atoms with Gasteiger partial charge < -0.3 is 5.32 Å². The average Bonchev–Trinajstić information content (AvgIpc) is 2.83. The Balaban J connectivity index is 2.21. The fourth-order valence-corrected chi connectivity index (χ4v) is 2.86. The molecule has 1 unspecified atom stereocenters. The maximum Gasteiger partial charge on any atom is 0.229 e. The number of benzene rings is 1. The molecule has 0 spiro atoms. The fourth-order valence-electron chi connectivity index (χ4n) is 1.64. The first-order chi connectivity index (χ1) is 8.96. The zero-order valence-electron chi connectivity index (χ0n) is 10.6. The second-order valence-corrected chi connectivity index (χ2v) is 6.83. The van der Waals surface area contributed by atoms with Crippen LogP contribution in [0.4, 0.5) is 11.4 Å². The summed E-state index contributed by atoms with van der Waals surface area (Å²) in [5.41, 5.74) is 1.27. The lowest BCUT2D eigenvalue weighted by Gasteiger charge is -2.16. The van der Waals surface area contributed by atoms with Crippen LogP contribution in [0.1, 0.15) is 18.0 Å². The second-order valence-electron chi connectivity index (χ2n) is 4.16. The SMILES string of the molecule is CC(Nc1ccccc1NS(C)(=O)=O)c1nccs1. The maximum atomic E-state index is 11.3. The summed E-state index contributed by atoms with van der Waals surface area (Å²) < 4.78 is 25.1. The first kappa shape index (κ1) is 13.8. The topological polar surface area (TPSA) is 71.1 Å². The molecule has 2 rings (SSSR count). The largest absolute Gasteiger partial charge is 0.374 e. The van der Waals surface area contributed by atoms with E-state index in [1.807, 2.05) is 24.4 Å². The summed E-state index contributed by atoms with van der Waals surface area (Å²) in [5.74, 6) is 0. The van der Waals surface area contributed by atoms with Gasteiger partial charge in [-0.1, -0.05) is 12.1 Å². The second kappa shape index (κ2) is 5.58. The predicted octanol–water partition coefficient (Wildman–Crippen LogP) is 2.69. The minimum atomic E-state index is -3.29. The Bertz CT molecular complexity index is 639. The smallest absolute Gasteiger partial charge is 0.229 e. The summed E-state index contributed by atoms with van der Waals surface area (Å²) in [7, 11) is -3.29. The van der Waals surface area contributed by atoms with Gasteiger partial charge in [0.2, 0.25) is 10.0 Å². The molecule has 0 fully saturated rings. The Labute approximate surface area is 116 Å². The van der Waals surface area contributed by atoms with Gasteiger partial charge in [-0.3, -0.25) is 4.72 Å². The molecule has 5 nitrogen and oxygen atoms in total. The number of para-hydroxylation sites is 2. The van der Waals surface area contributed by atoms with Crippen LogP contribution in [0.5, 0.6) is 0 Å². The minimum absolute atomic E-state index is 0.0162.